The Labute approximate surface area is 95.1 Å². The number of nitrogens with one attached hydrogen (secondary N) is 1. The highest BCUT2D eigenvalue weighted by Crippen LogP contribution is 2.02. The van der Waals surface area contributed by atoms with Crippen molar-refractivity contribution in [3.05, 3.63) is 12.2 Å². The molecule has 0 heterocycles. The zero-order valence-electron chi connectivity index (χ0n) is 10.6. The van der Waals surface area contributed by atoms with Crippen molar-refractivity contribution < 1.29 is 4.74 Å². The Hall–Kier alpha value is -0.340. The van der Waals surface area contributed by atoms with Crippen molar-refractivity contribution in [2.24, 2.45) is 0 Å². The van der Waals surface area contributed by atoms with Gasteiger partial charge < -0.3 is 10.1 Å². The maximum Gasteiger partial charge on any atom is 0.0647 e. The fraction of sp³-hybridized carbons (Fsp3) is 0.846. The van der Waals surface area contributed by atoms with Crippen molar-refractivity contribution in [2.75, 3.05) is 19.8 Å². The molecule has 0 rings (SSSR count). The molecule has 0 bridgehead atoms. The molecule has 0 radical (unpaired) electrons. The Morgan fingerprint density at radius 1 is 1.33 bits per heavy atom. The smallest absolute Gasteiger partial charge is 0.0647 e. The molecule has 90 valence electrons. The summed E-state index contributed by atoms with van der Waals surface area (Å²) in [7, 11) is 0. The van der Waals surface area contributed by atoms with E-state index >= 15 is 0 Å². The molecule has 0 fully saturated rings. The lowest BCUT2D eigenvalue weighted by Gasteiger charge is -2.13. The largest absolute Gasteiger partial charge is 0.376 e. The van der Waals surface area contributed by atoms with E-state index in [-0.39, 0.29) is 0 Å². The zero-order chi connectivity index (χ0) is 11.4. The van der Waals surface area contributed by atoms with Gasteiger partial charge in [0.25, 0.3) is 0 Å². The van der Waals surface area contributed by atoms with Gasteiger partial charge in [-0.05, 0) is 20.3 Å². The van der Waals surface area contributed by atoms with Gasteiger partial charge in [0, 0.05) is 12.6 Å². The third-order valence-corrected chi connectivity index (χ3v) is 2.43. The maximum atomic E-state index is 5.40. The SMILES string of the molecule is CC=CCOCCNC(C)CCCCC. The van der Waals surface area contributed by atoms with E-state index < -0.39 is 0 Å². The molecule has 0 aliphatic carbocycles. The number of unbranched alkanes of at least 4 members (excludes halogenated alkanes) is 2. The third-order valence-electron chi connectivity index (χ3n) is 2.43. The van der Waals surface area contributed by atoms with Gasteiger partial charge in [-0.2, -0.15) is 0 Å². The molecule has 0 aromatic carbocycles. The molecule has 0 aliphatic rings. The van der Waals surface area contributed by atoms with Gasteiger partial charge in [-0.15, -0.1) is 0 Å². The number of rotatable bonds is 10. The summed E-state index contributed by atoms with van der Waals surface area (Å²) in [4.78, 5) is 0. The summed E-state index contributed by atoms with van der Waals surface area (Å²) in [5, 5.41) is 3.47. The molecule has 0 amide bonds. The van der Waals surface area contributed by atoms with E-state index in [0.29, 0.717) is 6.04 Å². The van der Waals surface area contributed by atoms with Gasteiger partial charge in [0.1, 0.15) is 0 Å². The minimum Gasteiger partial charge on any atom is -0.376 e. The molecular formula is C13H27NO. The van der Waals surface area contributed by atoms with Crippen LogP contribution in [0, 0.1) is 0 Å². The minimum absolute atomic E-state index is 0.627. The van der Waals surface area contributed by atoms with Crippen molar-refractivity contribution in [1.82, 2.24) is 5.32 Å². The van der Waals surface area contributed by atoms with E-state index in [1.807, 2.05) is 19.1 Å². The summed E-state index contributed by atoms with van der Waals surface area (Å²) >= 11 is 0. The lowest BCUT2D eigenvalue weighted by atomic mass is 10.1. The molecule has 15 heavy (non-hydrogen) atoms. The van der Waals surface area contributed by atoms with Crippen LogP contribution in [-0.2, 0) is 4.74 Å². The molecule has 0 aromatic rings. The van der Waals surface area contributed by atoms with Crippen molar-refractivity contribution >= 4 is 0 Å². The Kier molecular flexibility index (Phi) is 11.5. The van der Waals surface area contributed by atoms with E-state index in [0.717, 1.165) is 19.8 Å². The Morgan fingerprint density at radius 2 is 2.13 bits per heavy atom. The predicted molar refractivity (Wildman–Crippen MR) is 67.2 cm³/mol. The molecule has 1 atom stereocenters. The molecule has 2 nitrogen and oxygen atoms in total. The van der Waals surface area contributed by atoms with Gasteiger partial charge in [0.15, 0.2) is 0 Å². The summed E-state index contributed by atoms with van der Waals surface area (Å²) in [6.07, 6.45) is 9.32. The number of hydrogen-bond donors (Lipinski definition) is 1. The molecule has 1 N–H and O–H groups in total. The standard InChI is InChI=1S/C13H27NO/c1-4-6-8-9-13(3)14-10-12-15-11-7-5-2/h5,7,13-14H,4,6,8-12H2,1-3H3. The Balaban J connectivity index is 3.12. The molecule has 0 saturated heterocycles. The third kappa shape index (κ3) is 11.6. The van der Waals surface area contributed by atoms with Crippen molar-refractivity contribution in [3.8, 4) is 0 Å². The molecule has 0 aromatic heterocycles. The predicted octanol–water partition coefficient (Wildman–Crippen LogP) is 3.14. The minimum atomic E-state index is 0.627. The van der Waals surface area contributed by atoms with E-state index in [9.17, 15) is 0 Å². The molecule has 2 heteroatoms. The highest BCUT2D eigenvalue weighted by atomic mass is 16.5. The molecule has 0 saturated carbocycles. The zero-order valence-corrected chi connectivity index (χ0v) is 10.6. The van der Waals surface area contributed by atoms with Crippen LogP contribution in [0.5, 0.6) is 0 Å². The summed E-state index contributed by atoms with van der Waals surface area (Å²) in [5.41, 5.74) is 0. The van der Waals surface area contributed by atoms with Gasteiger partial charge in [-0.1, -0.05) is 38.3 Å². The van der Waals surface area contributed by atoms with Crippen LogP contribution in [-0.4, -0.2) is 25.8 Å². The lowest BCUT2D eigenvalue weighted by Crippen LogP contribution is -2.29. The first-order valence-corrected chi connectivity index (χ1v) is 6.23. The van der Waals surface area contributed by atoms with Crippen LogP contribution in [0.3, 0.4) is 0 Å². The van der Waals surface area contributed by atoms with E-state index in [1.165, 1.54) is 25.7 Å². The fourth-order valence-corrected chi connectivity index (χ4v) is 1.43. The van der Waals surface area contributed by atoms with Gasteiger partial charge in [0.05, 0.1) is 13.2 Å². The van der Waals surface area contributed by atoms with Crippen LogP contribution in [0.1, 0.15) is 46.5 Å². The van der Waals surface area contributed by atoms with Gasteiger partial charge in [0.2, 0.25) is 0 Å². The monoisotopic (exact) mass is 213 g/mol. The van der Waals surface area contributed by atoms with Crippen molar-refractivity contribution in [2.45, 2.75) is 52.5 Å². The lowest BCUT2D eigenvalue weighted by molar-refractivity contribution is 0.161. The maximum absolute atomic E-state index is 5.40. The Bertz CT molecular complexity index is 145. The first kappa shape index (κ1) is 14.7. The van der Waals surface area contributed by atoms with Crippen LogP contribution in [0.15, 0.2) is 12.2 Å². The second-order valence-electron chi connectivity index (χ2n) is 3.99. The van der Waals surface area contributed by atoms with E-state index in [1.54, 1.807) is 0 Å². The normalized spacial score (nSPS) is 13.5. The summed E-state index contributed by atoms with van der Waals surface area (Å²) in [6.45, 7) is 9.02. The number of allylic oxidation sites excluding steroid dienone is 1. The highest BCUT2D eigenvalue weighted by Gasteiger charge is 1.99. The summed E-state index contributed by atoms with van der Waals surface area (Å²) < 4.78 is 5.40. The average Bonchev–Trinajstić information content (AvgIpc) is 2.23. The second-order valence-corrected chi connectivity index (χ2v) is 3.99. The van der Waals surface area contributed by atoms with Crippen molar-refractivity contribution in [3.63, 3.8) is 0 Å². The van der Waals surface area contributed by atoms with Crippen LogP contribution in [0.2, 0.25) is 0 Å². The highest BCUT2D eigenvalue weighted by molar-refractivity contribution is 4.75. The first-order chi connectivity index (χ1) is 7.31. The first-order valence-electron chi connectivity index (χ1n) is 6.23. The fourth-order valence-electron chi connectivity index (χ4n) is 1.43. The Morgan fingerprint density at radius 3 is 2.80 bits per heavy atom. The van der Waals surface area contributed by atoms with E-state index in [4.69, 9.17) is 4.74 Å². The summed E-state index contributed by atoms with van der Waals surface area (Å²) in [5.74, 6) is 0. The summed E-state index contributed by atoms with van der Waals surface area (Å²) in [6, 6.07) is 0.627. The van der Waals surface area contributed by atoms with Crippen LogP contribution >= 0.6 is 0 Å². The number of hydrogen-bond acceptors (Lipinski definition) is 2. The van der Waals surface area contributed by atoms with Gasteiger partial charge >= 0.3 is 0 Å². The molecule has 0 spiro atoms. The quantitative estimate of drug-likeness (QED) is 0.444. The molecular weight excluding hydrogens is 186 g/mol. The van der Waals surface area contributed by atoms with Crippen LogP contribution in [0.4, 0.5) is 0 Å². The van der Waals surface area contributed by atoms with E-state index in [2.05, 4.69) is 19.2 Å². The van der Waals surface area contributed by atoms with Crippen molar-refractivity contribution in [1.29, 1.82) is 0 Å². The number of ether oxygens (including phenoxy) is 1. The van der Waals surface area contributed by atoms with Crippen LogP contribution < -0.4 is 5.32 Å². The van der Waals surface area contributed by atoms with Crippen LogP contribution in [0.25, 0.3) is 0 Å². The molecule has 0 aliphatic heterocycles. The average molecular weight is 213 g/mol. The van der Waals surface area contributed by atoms with Gasteiger partial charge in [-0.3, -0.25) is 0 Å². The topological polar surface area (TPSA) is 21.3 Å². The second kappa shape index (κ2) is 11.7. The van der Waals surface area contributed by atoms with Gasteiger partial charge in [-0.25, -0.2) is 0 Å². The molecule has 1 unspecified atom stereocenters.